The molecule has 1 aliphatic heterocycles. The summed E-state index contributed by atoms with van der Waals surface area (Å²) < 4.78 is 10.1. The van der Waals surface area contributed by atoms with E-state index >= 15 is 0 Å². The van der Waals surface area contributed by atoms with Crippen LogP contribution in [0.2, 0.25) is 0 Å². The molecule has 2 atom stereocenters. The molecule has 0 bridgehead atoms. The predicted molar refractivity (Wildman–Crippen MR) is 59.7 cm³/mol. The average molecular weight is 245 g/mol. The van der Waals surface area contributed by atoms with Gasteiger partial charge in [-0.1, -0.05) is 0 Å². The van der Waals surface area contributed by atoms with Crippen molar-refractivity contribution in [3.8, 4) is 0 Å². The lowest BCUT2D eigenvalue weighted by atomic mass is 10.1. The van der Waals surface area contributed by atoms with Gasteiger partial charge in [0.25, 0.3) is 0 Å². The molecule has 1 rings (SSSR count). The molecule has 0 aromatic rings. The summed E-state index contributed by atoms with van der Waals surface area (Å²) in [7, 11) is 1.30. The normalized spacial score (nSPS) is 21.8. The quantitative estimate of drug-likeness (QED) is 0.696. The Labute approximate surface area is 100 Å². The average Bonchev–Trinajstić information content (AvgIpc) is 2.30. The third-order valence-corrected chi connectivity index (χ3v) is 2.73. The molecular weight excluding hydrogens is 226 g/mol. The summed E-state index contributed by atoms with van der Waals surface area (Å²) in [5.74, 6) is -1.28. The van der Waals surface area contributed by atoms with E-state index in [2.05, 4.69) is 5.32 Å². The van der Waals surface area contributed by atoms with E-state index in [0.29, 0.717) is 6.61 Å². The number of ether oxygens (including phenoxy) is 2. The number of hydrogen-bond acceptors (Lipinski definition) is 4. The maximum absolute atomic E-state index is 11.5. The number of methoxy groups -OCH3 is 1. The van der Waals surface area contributed by atoms with E-state index in [-0.39, 0.29) is 25.0 Å². The van der Waals surface area contributed by atoms with Crippen LogP contribution in [-0.2, 0) is 19.1 Å². The van der Waals surface area contributed by atoms with Crippen LogP contribution in [0, 0.1) is 0 Å². The van der Waals surface area contributed by atoms with E-state index in [1.54, 1.807) is 0 Å². The minimum absolute atomic E-state index is 0.0165. The number of nitrogens with one attached hydrogen (secondary N) is 1. The lowest BCUT2D eigenvalue weighted by molar-refractivity contribution is -0.148. The fourth-order valence-corrected chi connectivity index (χ4v) is 1.73. The molecule has 1 aliphatic rings. The van der Waals surface area contributed by atoms with E-state index in [1.807, 2.05) is 0 Å². The fraction of sp³-hybridized carbons (Fsp3) is 0.818. The zero-order valence-electron chi connectivity index (χ0n) is 9.98. The summed E-state index contributed by atoms with van der Waals surface area (Å²) in [6.07, 6.45) is 2.27. The van der Waals surface area contributed by atoms with Gasteiger partial charge in [-0.2, -0.15) is 0 Å². The zero-order chi connectivity index (χ0) is 12.7. The van der Waals surface area contributed by atoms with Crippen LogP contribution in [-0.4, -0.2) is 49.5 Å². The highest BCUT2D eigenvalue weighted by Crippen LogP contribution is 2.15. The monoisotopic (exact) mass is 245 g/mol. The molecule has 17 heavy (non-hydrogen) atoms. The Kier molecular flexibility index (Phi) is 5.93. The molecule has 0 aliphatic carbocycles. The van der Waals surface area contributed by atoms with Crippen molar-refractivity contribution in [1.82, 2.24) is 5.32 Å². The van der Waals surface area contributed by atoms with Gasteiger partial charge in [0.05, 0.1) is 19.1 Å². The standard InChI is InChI=1S/C11H19NO5/c1-16-9(11(14)15)7-12-10(13)6-8-4-2-3-5-17-8/h8-9H,2-7H2,1H3,(H,12,13)(H,14,15). The Hall–Kier alpha value is -1.14. The molecule has 2 N–H and O–H groups in total. The number of amides is 1. The van der Waals surface area contributed by atoms with Gasteiger partial charge >= 0.3 is 5.97 Å². The number of carbonyl (C=O) groups is 2. The van der Waals surface area contributed by atoms with Crippen molar-refractivity contribution in [2.75, 3.05) is 20.3 Å². The molecule has 1 heterocycles. The molecule has 0 aromatic carbocycles. The predicted octanol–water partition coefficient (Wildman–Crippen LogP) is 0.161. The maximum atomic E-state index is 11.5. The summed E-state index contributed by atoms with van der Waals surface area (Å²) in [4.78, 5) is 22.1. The van der Waals surface area contributed by atoms with Crippen LogP contribution in [0.15, 0.2) is 0 Å². The van der Waals surface area contributed by atoms with Crippen molar-refractivity contribution in [2.45, 2.75) is 37.9 Å². The van der Waals surface area contributed by atoms with Crippen LogP contribution in [0.3, 0.4) is 0 Å². The van der Waals surface area contributed by atoms with E-state index in [4.69, 9.17) is 14.6 Å². The van der Waals surface area contributed by atoms with Crippen molar-refractivity contribution >= 4 is 11.9 Å². The van der Waals surface area contributed by atoms with Gasteiger partial charge in [0.2, 0.25) is 5.91 Å². The first-order valence-electron chi connectivity index (χ1n) is 5.77. The molecule has 1 amide bonds. The van der Waals surface area contributed by atoms with Gasteiger partial charge in [-0.05, 0) is 19.3 Å². The Morgan fingerprint density at radius 2 is 2.29 bits per heavy atom. The Morgan fingerprint density at radius 3 is 2.82 bits per heavy atom. The zero-order valence-corrected chi connectivity index (χ0v) is 9.98. The smallest absolute Gasteiger partial charge is 0.334 e. The van der Waals surface area contributed by atoms with E-state index in [0.717, 1.165) is 19.3 Å². The largest absolute Gasteiger partial charge is 0.479 e. The molecule has 0 spiro atoms. The van der Waals surface area contributed by atoms with Gasteiger partial charge in [0.15, 0.2) is 6.10 Å². The van der Waals surface area contributed by atoms with Gasteiger partial charge < -0.3 is 19.9 Å². The first kappa shape index (κ1) is 13.9. The second-order valence-electron chi connectivity index (χ2n) is 4.06. The Morgan fingerprint density at radius 1 is 1.53 bits per heavy atom. The lowest BCUT2D eigenvalue weighted by Crippen LogP contribution is -2.39. The number of rotatable bonds is 6. The number of carboxylic acid groups (broad SMARTS) is 1. The van der Waals surface area contributed by atoms with Gasteiger partial charge in [-0.25, -0.2) is 4.79 Å². The molecule has 6 heteroatoms. The molecule has 1 fully saturated rings. The Balaban J connectivity index is 2.21. The minimum atomic E-state index is -1.08. The third kappa shape index (κ3) is 5.14. The van der Waals surface area contributed by atoms with Crippen LogP contribution in [0.25, 0.3) is 0 Å². The fourth-order valence-electron chi connectivity index (χ4n) is 1.73. The lowest BCUT2D eigenvalue weighted by Gasteiger charge is -2.22. The van der Waals surface area contributed by atoms with Crippen molar-refractivity contribution in [3.63, 3.8) is 0 Å². The molecule has 0 aromatic heterocycles. The number of aliphatic carboxylic acids is 1. The van der Waals surface area contributed by atoms with Crippen LogP contribution in [0.1, 0.15) is 25.7 Å². The molecule has 0 radical (unpaired) electrons. The van der Waals surface area contributed by atoms with E-state index in [9.17, 15) is 9.59 Å². The minimum Gasteiger partial charge on any atom is -0.479 e. The topological polar surface area (TPSA) is 84.9 Å². The maximum Gasteiger partial charge on any atom is 0.334 e. The van der Waals surface area contributed by atoms with Crippen molar-refractivity contribution in [1.29, 1.82) is 0 Å². The molecule has 0 saturated carbocycles. The second-order valence-corrected chi connectivity index (χ2v) is 4.06. The van der Waals surface area contributed by atoms with E-state index in [1.165, 1.54) is 7.11 Å². The van der Waals surface area contributed by atoms with E-state index < -0.39 is 12.1 Å². The van der Waals surface area contributed by atoms with Crippen LogP contribution >= 0.6 is 0 Å². The number of carboxylic acids is 1. The molecule has 98 valence electrons. The van der Waals surface area contributed by atoms with Crippen molar-refractivity contribution in [2.24, 2.45) is 0 Å². The molecular formula is C11H19NO5. The second kappa shape index (κ2) is 7.24. The van der Waals surface area contributed by atoms with Crippen LogP contribution in [0.4, 0.5) is 0 Å². The SMILES string of the molecule is COC(CNC(=O)CC1CCCCO1)C(=O)O. The molecule has 1 saturated heterocycles. The van der Waals surface area contributed by atoms with Gasteiger partial charge in [0.1, 0.15) is 0 Å². The van der Waals surface area contributed by atoms with Crippen molar-refractivity contribution < 1.29 is 24.2 Å². The Bertz CT molecular complexity index is 263. The highest BCUT2D eigenvalue weighted by atomic mass is 16.5. The van der Waals surface area contributed by atoms with Crippen LogP contribution in [0.5, 0.6) is 0 Å². The summed E-state index contributed by atoms with van der Waals surface area (Å²) >= 11 is 0. The van der Waals surface area contributed by atoms with Gasteiger partial charge in [-0.3, -0.25) is 4.79 Å². The molecule has 6 nitrogen and oxygen atoms in total. The highest BCUT2D eigenvalue weighted by Gasteiger charge is 2.20. The first-order valence-corrected chi connectivity index (χ1v) is 5.77. The summed E-state index contributed by atoms with van der Waals surface area (Å²) in [5.41, 5.74) is 0. The first-order chi connectivity index (χ1) is 8.13. The van der Waals surface area contributed by atoms with Gasteiger partial charge in [-0.15, -0.1) is 0 Å². The number of hydrogen-bond donors (Lipinski definition) is 2. The molecule has 2 unspecified atom stereocenters. The van der Waals surface area contributed by atoms with Crippen LogP contribution < -0.4 is 5.32 Å². The highest BCUT2D eigenvalue weighted by molar-refractivity contribution is 5.78. The summed E-state index contributed by atoms with van der Waals surface area (Å²) in [6, 6.07) is 0. The van der Waals surface area contributed by atoms with Crippen molar-refractivity contribution in [3.05, 3.63) is 0 Å². The van der Waals surface area contributed by atoms with Gasteiger partial charge in [0, 0.05) is 13.7 Å². The summed E-state index contributed by atoms with van der Waals surface area (Å²) in [5, 5.41) is 11.2. The third-order valence-electron chi connectivity index (χ3n) is 2.73. The number of carbonyl (C=O) groups excluding carboxylic acids is 1. The summed E-state index contributed by atoms with van der Waals surface area (Å²) in [6.45, 7) is 0.686.